The van der Waals surface area contributed by atoms with Crippen molar-refractivity contribution in [2.24, 2.45) is 5.92 Å². The predicted molar refractivity (Wildman–Crippen MR) is 61.9 cm³/mol. The molecule has 2 heteroatoms. The molecule has 0 spiro atoms. The van der Waals surface area contributed by atoms with Crippen molar-refractivity contribution >= 4 is 0 Å². The van der Waals surface area contributed by atoms with Gasteiger partial charge in [-0.25, -0.2) is 0 Å². The Morgan fingerprint density at radius 2 is 2.07 bits per heavy atom. The lowest BCUT2D eigenvalue weighted by Gasteiger charge is -2.43. The van der Waals surface area contributed by atoms with Crippen LogP contribution in [0.5, 0.6) is 0 Å². The van der Waals surface area contributed by atoms with Crippen LogP contribution in [0.15, 0.2) is 24.3 Å². The van der Waals surface area contributed by atoms with Gasteiger partial charge in [-0.1, -0.05) is 24.3 Å². The van der Waals surface area contributed by atoms with Crippen LogP contribution >= 0.6 is 0 Å². The molecule has 2 aliphatic rings. The summed E-state index contributed by atoms with van der Waals surface area (Å²) in [6.07, 6.45) is 1.21. The van der Waals surface area contributed by atoms with E-state index in [2.05, 4.69) is 41.5 Å². The first kappa shape index (κ1) is 9.37. The third-order valence-electron chi connectivity index (χ3n) is 3.84. The lowest BCUT2D eigenvalue weighted by Crippen LogP contribution is -2.51. The zero-order chi connectivity index (χ0) is 10.3. The number of fused-ring (bicyclic) bond motifs is 1. The van der Waals surface area contributed by atoms with Crippen LogP contribution in [0.1, 0.15) is 17.2 Å². The van der Waals surface area contributed by atoms with Crippen LogP contribution in [0.4, 0.5) is 0 Å². The zero-order valence-electron chi connectivity index (χ0n) is 9.24. The summed E-state index contributed by atoms with van der Waals surface area (Å²) in [5.74, 6) is 0.816. The maximum atomic E-state index is 3.38. The summed E-state index contributed by atoms with van der Waals surface area (Å²) in [6.45, 7) is 3.57. The topological polar surface area (TPSA) is 15.3 Å². The van der Waals surface area contributed by atoms with Gasteiger partial charge < -0.3 is 5.32 Å². The number of hydrogen-bond donors (Lipinski definition) is 1. The molecule has 2 heterocycles. The van der Waals surface area contributed by atoms with Gasteiger partial charge >= 0.3 is 0 Å². The Balaban J connectivity index is 1.97. The minimum atomic E-state index is 0.649. The van der Waals surface area contributed by atoms with Crippen molar-refractivity contribution < 1.29 is 0 Å². The second-order valence-electron chi connectivity index (χ2n) is 4.79. The van der Waals surface area contributed by atoms with Crippen molar-refractivity contribution in [2.45, 2.75) is 12.5 Å². The van der Waals surface area contributed by atoms with Gasteiger partial charge in [-0.15, -0.1) is 0 Å². The standard InChI is InChI=1S/C13H18N2/c1-15-7-6-10-4-2-3-5-12(10)13(15)11-8-14-9-11/h2-5,11,13-14H,6-9H2,1H3. The second kappa shape index (κ2) is 3.62. The molecule has 1 unspecified atom stereocenters. The summed E-state index contributed by atoms with van der Waals surface area (Å²) in [6, 6.07) is 9.60. The van der Waals surface area contributed by atoms with Crippen LogP contribution in [0.2, 0.25) is 0 Å². The highest BCUT2D eigenvalue weighted by atomic mass is 15.2. The van der Waals surface area contributed by atoms with Crippen molar-refractivity contribution in [3.8, 4) is 0 Å². The van der Waals surface area contributed by atoms with E-state index in [1.807, 2.05) is 0 Å². The van der Waals surface area contributed by atoms with Gasteiger partial charge in [0.1, 0.15) is 0 Å². The fourth-order valence-corrected chi connectivity index (χ4v) is 2.87. The van der Waals surface area contributed by atoms with Crippen molar-refractivity contribution in [2.75, 3.05) is 26.7 Å². The SMILES string of the molecule is CN1CCc2ccccc2C1C1CNC1. The molecule has 15 heavy (non-hydrogen) atoms. The van der Waals surface area contributed by atoms with Crippen LogP contribution in [0.3, 0.4) is 0 Å². The largest absolute Gasteiger partial charge is 0.316 e. The molecule has 2 aliphatic heterocycles. The van der Waals surface area contributed by atoms with Gasteiger partial charge in [-0.05, 0) is 24.6 Å². The lowest BCUT2D eigenvalue weighted by atomic mass is 9.82. The van der Waals surface area contributed by atoms with Gasteiger partial charge in [-0.3, -0.25) is 4.90 Å². The minimum absolute atomic E-state index is 0.649. The smallest absolute Gasteiger partial charge is 0.0400 e. The molecule has 1 aromatic carbocycles. The van der Waals surface area contributed by atoms with E-state index < -0.39 is 0 Å². The molecule has 1 fully saturated rings. The number of rotatable bonds is 1. The molecule has 0 amide bonds. The highest BCUT2D eigenvalue weighted by molar-refractivity contribution is 5.33. The Morgan fingerprint density at radius 3 is 2.80 bits per heavy atom. The summed E-state index contributed by atoms with van der Waals surface area (Å²) in [4.78, 5) is 2.52. The Labute approximate surface area is 91.3 Å². The molecule has 1 atom stereocenters. The van der Waals surface area contributed by atoms with E-state index in [4.69, 9.17) is 0 Å². The van der Waals surface area contributed by atoms with Gasteiger partial charge in [0, 0.05) is 31.6 Å². The first-order valence-corrected chi connectivity index (χ1v) is 5.85. The molecule has 0 aromatic heterocycles. The van der Waals surface area contributed by atoms with E-state index in [-0.39, 0.29) is 0 Å². The van der Waals surface area contributed by atoms with E-state index in [0.717, 1.165) is 5.92 Å². The van der Waals surface area contributed by atoms with Crippen molar-refractivity contribution in [1.29, 1.82) is 0 Å². The Bertz CT molecular complexity index is 357. The van der Waals surface area contributed by atoms with Crippen LogP contribution in [-0.2, 0) is 6.42 Å². The molecular weight excluding hydrogens is 184 g/mol. The second-order valence-corrected chi connectivity index (χ2v) is 4.79. The average Bonchev–Trinajstić information content (AvgIpc) is 2.20. The molecule has 0 radical (unpaired) electrons. The summed E-state index contributed by atoms with van der Waals surface area (Å²) in [5, 5.41) is 3.38. The summed E-state index contributed by atoms with van der Waals surface area (Å²) >= 11 is 0. The maximum absolute atomic E-state index is 3.38. The molecule has 1 saturated heterocycles. The van der Waals surface area contributed by atoms with Crippen molar-refractivity contribution in [3.63, 3.8) is 0 Å². The van der Waals surface area contributed by atoms with Gasteiger partial charge in [0.25, 0.3) is 0 Å². The average molecular weight is 202 g/mol. The molecule has 3 rings (SSSR count). The van der Waals surface area contributed by atoms with Gasteiger partial charge in [-0.2, -0.15) is 0 Å². The normalized spacial score (nSPS) is 27.1. The van der Waals surface area contributed by atoms with Crippen LogP contribution in [-0.4, -0.2) is 31.6 Å². The maximum Gasteiger partial charge on any atom is 0.0400 e. The Kier molecular flexibility index (Phi) is 2.26. The summed E-state index contributed by atoms with van der Waals surface area (Å²) in [7, 11) is 2.26. The molecular formula is C13H18N2. The predicted octanol–water partition coefficient (Wildman–Crippen LogP) is 1.44. The van der Waals surface area contributed by atoms with E-state index in [0.29, 0.717) is 6.04 Å². The first-order chi connectivity index (χ1) is 7.36. The Hall–Kier alpha value is -0.860. The lowest BCUT2D eigenvalue weighted by molar-refractivity contribution is 0.126. The molecule has 80 valence electrons. The van der Waals surface area contributed by atoms with Gasteiger partial charge in [0.05, 0.1) is 0 Å². The number of hydrogen-bond acceptors (Lipinski definition) is 2. The third kappa shape index (κ3) is 1.48. The van der Waals surface area contributed by atoms with Gasteiger partial charge in [0.15, 0.2) is 0 Å². The highest BCUT2D eigenvalue weighted by Gasteiger charge is 2.34. The minimum Gasteiger partial charge on any atom is -0.316 e. The molecule has 1 N–H and O–H groups in total. The summed E-state index contributed by atoms with van der Waals surface area (Å²) in [5.41, 5.74) is 3.13. The number of nitrogens with one attached hydrogen (secondary N) is 1. The van der Waals surface area contributed by atoms with Crippen LogP contribution in [0, 0.1) is 5.92 Å². The van der Waals surface area contributed by atoms with E-state index in [1.165, 1.54) is 26.1 Å². The quantitative estimate of drug-likeness (QED) is 0.741. The number of benzene rings is 1. The van der Waals surface area contributed by atoms with E-state index in [9.17, 15) is 0 Å². The molecule has 0 bridgehead atoms. The zero-order valence-corrected chi connectivity index (χ0v) is 9.24. The van der Waals surface area contributed by atoms with E-state index in [1.54, 1.807) is 11.1 Å². The molecule has 0 aliphatic carbocycles. The van der Waals surface area contributed by atoms with E-state index >= 15 is 0 Å². The van der Waals surface area contributed by atoms with Crippen molar-refractivity contribution in [3.05, 3.63) is 35.4 Å². The number of nitrogens with zero attached hydrogens (tertiary/aromatic N) is 1. The van der Waals surface area contributed by atoms with Gasteiger partial charge in [0.2, 0.25) is 0 Å². The Morgan fingerprint density at radius 1 is 1.27 bits per heavy atom. The van der Waals surface area contributed by atoms with Crippen LogP contribution < -0.4 is 5.32 Å². The van der Waals surface area contributed by atoms with Crippen LogP contribution in [0.25, 0.3) is 0 Å². The first-order valence-electron chi connectivity index (χ1n) is 5.85. The fraction of sp³-hybridized carbons (Fsp3) is 0.538. The van der Waals surface area contributed by atoms with Crippen molar-refractivity contribution in [1.82, 2.24) is 10.2 Å². The highest BCUT2D eigenvalue weighted by Crippen LogP contribution is 2.35. The number of likely N-dealkylation sites (N-methyl/N-ethyl adjacent to an activating group) is 1. The molecule has 1 aromatic rings. The fourth-order valence-electron chi connectivity index (χ4n) is 2.87. The summed E-state index contributed by atoms with van der Waals surface area (Å²) < 4.78 is 0. The third-order valence-corrected chi connectivity index (χ3v) is 3.84. The molecule has 2 nitrogen and oxygen atoms in total. The monoisotopic (exact) mass is 202 g/mol. The molecule has 0 saturated carbocycles.